The van der Waals surface area contributed by atoms with Crippen LogP contribution >= 0.6 is 0 Å². The lowest BCUT2D eigenvalue weighted by Crippen LogP contribution is -2.50. The molecular formula is C10H24N2Si. The van der Waals surface area contributed by atoms with Gasteiger partial charge in [-0.15, -0.1) is 6.58 Å². The van der Waals surface area contributed by atoms with Crippen molar-refractivity contribution in [3.63, 3.8) is 0 Å². The van der Waals surface area contributed by atoms with Gasteiger partial charge in [0.05, 0.1) is 0 Å². The van der Waals surface area contributed by atoms with Gasteiger partial charge in [-0.25, -0.2) is 0 Å². The highest BCUT2D eigenvalue weighted by Crippen LogP contribution is 2.12. The summed E-state index contributed by atoms with van der Waals surface area (Å²) in [5, 5.41) is 1.41. The highest BCUT2D eigenvalue weighted by molar-refractivity contribution is 6.61. The maximum absolute atomic E-state index is 4.20. The van der Waals surface area contributed by atoms with Gasteiger partial charge in [-0.2, -0.15) is 0 Å². The van der Waals surface area contributed by atoms with Gasteiger partial charge in [0, 0.05) is 0 Å². The Morgan fingerprint density at radius 2 is 1.69 bits per heavy atom. The minimum atomic E-state index is -1.10. The minimum absolute atomic E-state index is 0.648. The van der Waals surface area contributed by atoms with Crippen LogP contribution in [0.5, 0.6) is 0 Å². The lowest BCUT2D eigenvalue weighted by Gasteiger charge is -2.23. The van der Waals surface area contributed by atoms with E-state index in [0.29, 0.717) is 5.92 Å². The second kappa shape index (κ2) is 7.30. The lowest BCUT2D eigenvalue weighted by atomic mass is 10.1. The van der Waals surface area contributed by atoms with Gasteiger partial charge in [-0.3, -0.25) is 0 Å². The molecule has 0 aromatic carbocycles. The Balaban J connectivity index is 4.09. The van der Waals surface area contributed by atoms with Crippen LogP contribution in [0.4, 0.5) is 0 Å². The van der Waals surface area contributed by atoms with Gasteiger partial charge in [0.2, 0.25) is 9.12 Å². The predicted octanol–water partition coefficient (Wildman–Crippen LogP) is 1.57. The smallest absolute Gasteiger partial charge is 0.213 e. The topological polar surface area (TPSA) is 24.1 Å². The molecule has 0 aromatic rings. The van der Waals surface area contributed by atoms with E-state index in [1.807, 2.05) is 0 Å². The maximum Gasteiger partial charge on any atom is 0.213 e. The molecule has 0 aliphatic heterocycles. The first kappa shape index (κ1) is 12.9. The molecule has 78 valence electrons. The van der Waals surface area contributed by atoms with E-state index < -0.39 is 9.12 Å². The molecule has 0 radical (unpaired) electrons. The molecule has 0 aliphatic rings. The molecule has 0 saturated carbocycles. The number of hydrogen-bond acceptors (Lipinski definition) is 2. The Hall–Kier alpha value is -0.123. The molecule has 0 saturated heterocycles. The van der Waals surface area contributed by atoms with E-state index in [2.05, 4.69) is 44.2 Å². The predicted molar refractivity (Wildman–Crippen MR) is 63.1 cm³/mol. The van der Waals surface area contributed by atoms with Gasteiger partial charge in [0.15, 0.2) is 0 Å². The summed E-state index contributed by atoms with van der Waals surface area (Å²) in [6, 6.07) is 0. The molecule has 13 heavy (non-hydrogen) atoms. The van der Waals surface area contributed by atoms with E-state index in [9.17, 15) is 0 Å². The molecule has 0 heterocycles. The number of allylic oxidation sites excluding steroid dienone is 1. The number of rotatable bonds is 7. The van der Waals surface area contributed by atoms with Gasteiger partial charge in [0.25, 0.3) is 0 Å². The van der Waals surface area contributed by atoms with E-state index in [1.54, 1.807) is 0 Å². The van der Waals surface area contributed by atoms with Crippen molar-refractivity contribution < 1.29 is 0 Å². The fourth-order valence-corrected chi connectivity index (χ4v) is 3.58. The molecule has 0 aromatic heterocycles. The molecule has 2 nitrogen and oxygen atoms in total. The standard InChI is InChI=1S/C10H24N2Si/c1-6-9(4)10(5)13(11-7-2)12-8-3/h9,11-13H,5-8H2,1-4H3. The molecule has 1 atom stereocenters. The van der Waals surface area contributed by atoms with Crippen molar-refractivity contribution in [1.29, 1.82) is 0 Å². The number of nitrogens with one attached hydrogen (secondary N) is 2. The molecule has 2 N–H and O–H groups in total. The van der Waals surface area contributed by atoms with E-state index in [4.69, 9.17) is 0 Å². The maximum atomic E-state index is 4.20. The molecule has 0 bridgehead atoms. The summed E-state index contributed by atoms with van der Waals surface area (Å²) in [4.78, 5) is 7.05. The van der Waals surface area contributed by atoms with Crippen LogP contribution < -0.4 is 9.96 Å². The molecule has 0 amide bonds. The van der Waals surface area contributed by atoms with Crippen molar-refractivity contribution in [2.24, 2.45) is 5.92 Å². The van der Waals surface area contributed by atoms with Gasteiger partial charge in [0.1, 0.15) is 0 Å². The highest BCUT2D eigenvalue weighted by Gasteiger charge is 2.16. The van der Waals surface area contributed by atoms with Crippen molar-refractivity contribution in [2.45, 2.75) is 34.1 Å². The van der Waals surface area contributed by atoms with Gasteiger partial charge < -0.3 is 9.96 Å². The van der Waals surface area contributed by atoms with E-state index in [0.717, 1.165) is 13.1 Å². The third kappa shape index (κ3) is 4.60. The summed E-state index contributed by atoms with van der Waals surface area (Å²) >= 11 is 0. The van der Waals surface area contributed by atoms with Crippen LogP contribution in [0.2, 0.25) is 0 Å². The SMILES string of the molecule is C=C(C(C)CC)[SiH](NCC)NCC. The molecule has 0 spiro atoms. The fourth-order valence-electron chi connectivity index (χ4n) is 1.29. The van der Waals surface area contributed by atoms with Crippen LogP contribution in [0.15, 0.2) is 11.8 Å². The zero-order chi connectivity index (χ0) is 10.3. The van der Waals surface area contributed by atoms with Gasteiger partial charge >= 0.3 is 0 Å². The number of hydrogen-bond donors (Lipinski definition) is 2. The van der Waals surface area contributed by atoms with E-state index in [1.165, 1.54) is 11.6 Å². The van der Waals surface area contributed by atoms with Crippen LogP contribution in [-0.4, -0.2) is 22.2 Å². The minimum Gasteiger partial charge on any atom is -0.325 e. The summed E-state index contributed by atoms with van der Waals surface area (Å²) < 4.78 is 0. The molecule has 3 heteroatoms. The second-order valence-corrected chi connectivity index (χ2v) is 5.86. The Kier molecular flexibility index (Phi) is 7.23. The molecular weight excluding hydrogens is 176 g/mol. The van der Waals surface area contributed by atoms with Crippen LogP contribution in [0.3, 0.4) is 0 Å². The van der Waals surface area contributed by atoms with Crippen molar-refractivity contribution in [3.8, 4) is 0 Å². The monoisotopic (exact) mass is 200 g/mol. The summed E-state index contributed by atoms with van der Waals surface area (Å²) in [7, 11) is -1.10. The third-order valence-corrected chi connectivity index (χ3v) is 5.38. The van der Waals surface area contributed by atoms with Crippen molar-refractivity contribution in [2.75, 3.05) is 13.1 Å². The molecule has 0 rings (SSSR count). The van der Waals surface area contributed by atoms with Crippen molar-refractivity contribution in [3.05, 3.63) is 11.8 Å². The Morgan fingerprint density at radius 3 is 2.00 bits per heavy atom. The lowest BCUT2D eigenvalue weighted by molar-refractivity contribution is 0.674. The quantitative estimate of drug-likeness (QED) is 0.610. The first-order chi connectivity index (χ1) is 6.17. The summed E-state index contributed by atoms with van der Waals surface area (Å²) in [6.45, 7) is 15.1. The third-order valence-electron chi connectivity index (χ3n) is 2.43. The summed E-state index contributed by atoms with van der Waals surface area (Å²) in [5.41, 5.74) is 0. The first-order valence-electron chi connectivity index (χ1n) is 5.32. The highest BCUT2D eigenvalue weighted by atomic mass is 28.3. The fraction of sp³-hybridized carbons (Fsp3) is 0.800. The van der Waals surface area contributed by atoms with Crippen LogP contribution in [0, 0.1) is 5.92 Å². The second-order valence-electron chi connectivity index (χ2n) is 3.43. The normalized spacial score (nSPS) is 13.3. The summed E-state index contributed by atoms with van der Waals surface area (Å²) in [5.74, 6) is 0.648. The Morgan fingerprint density at radius 1 is 1.23 bits per heavy atom. The Bertz CT molecular complexity index is 142. The average molecular weight is 200 g/mol. The van der Waals surface area contributed by atoms with Gasteiger partial charge in [-0.1, -0.05) is 39.3 Å². The van der Waals surface area contributed by atoms with Crippen LogP contribution in [0.25, 0.3) is 0 Å². The average Bonchev–Trinajstić information content (AvgIpc) is 2.15. The first-order valence-corrected chi connectivity index (χ1v) is 7.05. The van der Waals surface area contributed by atoms with Crippen molar-refractivity contribution >= 4 is 9.12 Å². The van der Waals surface area contributed by atoms with E-state index in [-0.39, 0.29) is 0 Å². The summed E-state index contributed by atoms with van der Waals surface area (Å²) in [6.07, 6.45) is 1.19. The largest absolute Gasteiger partial charge is 0.325 e. The zero-order valence-electron chi connectivity index (χ0n) is 9.48. The molecule has 1 unspecified atom stereocenters. The zero-order valence-corrected chi connectivity index (χ0v) is 10.6. The van der Waals surface area contributed by atoms with Gasteiger partial charge in [-0.05, 0) is 19.0 Å². The molecule has 0 aliphatic carbocycles. The van der Waals surface area contributed by atoms with Crippen molar-refractivity contribution in [1.82, 2.24) is 9.96 Å². The van der Waals surface area contributed by atoms with Crippen LogP contribution in [0.1, 0.15) is 34.1 Å². The van der Waals surface area contributed by atoms with E-state index >= 15 is 0 Å². The van der Waals surface area contributed by atoms with Crippen LogP contribution in [-0.2, 0) is 0 Å². The Labute approximate surface area is 84.6 Å². The molecule has 0 fully saturated rings.